The molecular formula is C15H18N2O. The fourth-order valence-electron chi connectivity index (χ4n) is 1.94. The molecule has 1 amide bonds. The van der Waals surface area contributed by atoms with Crippen LogP contribution in [0.15, 0.2) is 30.5 Å². The molecule has 3 heteroatoms. The molecule has 94 valence electrons. The summed E-state index contributed by atoms with van der Waals surface area (Å²) in [6.07, 6.45) is 2.27. The zero-order valence-corrected chi connectivity index (χ0v) is 11.0. The van der Waals surface area contributed by atoms with Crippen molar-refractivity contribution in [3.8, 4) is 0 Å². The standard InChI is InChI=1S/C15H18N2O/c1-10-5-4-6-14(12(10)3)17-15(18)8-13-7-11(2)16-9-13/h4-7,9,16H,8H2,1-3H3,(H,17,18). The summed E-state index contributed by atoms with van der Waals surface area (Å²) in [5, 5.41) is 2.96. The Labute approximate surface area is 107 Å². The summed E-state index contributed by atoms with van der Waals surface area (Å²) in [5.74, 6) is 0.0164. The topological polar surface area (TPSA) is 44.9 Å². The maximum atomic E-state index is 11.9. The maximum absolute atomic E-state index is 11.9. The fourth-order valence-corrected chi connectivity index (χ4v) is 1.94. The Morgan fingerprint density at radius 2 is 2.06 bits per heavy atom. The number of hydrogen-bond donors (Lipinski definition) is 2. The van der Waals surface area contributed by atoms with E-state index in [0.29, 0.717) is 6.42 Å². The molecular weight excluding hydrogens is 224 g/mol. The Bertz CT molecular complexity index is 570. The van der Waals surface area contributed by atoms with Gasteiger partial charge in [-0.2, -0.15) is 0 Å². The van der Waals surface area contributed by atoms with Crippen LogP contribution >= 0.6 is 0 Å². The minimum Gasteiger partial charge on any atom is -0.365 e. The highest BCUT2D eigenvalue weighted by Gasteiger charge is 2.07. The number of aryl methyl sites for hydroxylation is 2. The molecule has 0 atom stereocenters. The van der Waals surface area contributed by atoms with Crippen LogP contribution in [0.25, 0.3) is 0 Å². The summed E-state index contributed by atoms with van der Waals surface area (Å²) in [5.41, 5.74) is 5.29. The first-order valence-electron chi connectivity index (χ1n) is 6.06. The van der Waals surface area contributed by atoms with E-state index >= 15 is 0 Å². The van der Waals surface area contributed by atoms with Gasteiger partial charge in [0.2, 0.25) is 5.91 Å². The number of H-pyrrole nitrogens is 1. The van der Waals surface area contributed by atoms with Crippen molar-refractivity contribution in [2.45, 2.75) is 27.2 Å². The minimum absolute atomic E-state index is 0.0164. The maximum Gasteiger partial charge on any atom is 0.228 e. The predicted molar refractivity (Wildman–Crippen MR) is 73.8 cm³/mol. The average molecular weight is 242 g/mol. The third-order valence-electron chi connectivity index (χ3n) is 3.13. The van der Waals surface area contributed by atoms with E-state index < -0.39 is 0 Å². The van der Waals surface area contributed by atoms with Gasteiger partial charge in [-0.25, -0.2) is 0 Å². The van der Waals surface area contributed by atoms with Crippen LogP contribution in [0.1, 0.15) is 22.4 Å². The normalized spacial score (nSPS) is 10.4. The summed E-state index contributed by atoms with van der Waals surface area (Å²) in [6, 6.07) is 7.92. The number of carbonyl (C=O) groups excluding carboxylic acids is 1. The molecule has 0 spiro atoms. The highest BCUT2D eigenvalue weighted by atomic mass is 16.1. The molecule has 0 aliphatic rings. The largest absolute Gasteiger partial charge is 0.365 e. The minimum atomic E-state index is 0.0164. The molecule has 0 saturated carbocycles. The summed E-state index contributed by atoms with van der Waals surface area (Å²) in [6.45, 7) is 6.04. The van der Waals surface area contributed by atoms with Crippen LogP contribution in [0.4, 0.5) is 5.69 Å². The lowest BCUT2D eigenvalue weighted by Crippen LogP contribution is -2.15. The van der Waals surface area contributed by atoms with Gasteiger partial charge in [0.15, 0.2) is 0 Å². The predicted octanol–water partition coefficient (Wildman–Crippen LogP) is 3.12. The van der Waals surface area contributed by atoms with Crippen molar-refractivity contribution in [3.63, 3.8) is 0 Å². The molecule has 0 saturated heterocycles. The molecule has 0 bridgehead atoms. The van der Waals surface area contributed by atoms with E-state index in [1.54, 1.807) is 0 Å². The number of rotatable bonds is 3. The molecule has 0 radical (unpaired) electrons. The van der Waals surface area contributed by atoms with Crippen molar-refractivity contribution in [1.82, 2.24) is 4.98 Å². The zero-order chi connectivity index (χ0) is 13.1. The number of aromatic amines is 1. The second kappa shape index (κ2) is 5.08. The Kier molecular flexibility index (Phi) is 3.51. The molecule has 0 unspecified atom stereocenters. The summed E-state index contributed by atoms with van der Waals surface area (Å²) < 4.78 is 0. The average Bonchev–Trinajstić information content (AvgIpc) is 2.70. The fraction of sp³-hybridized carbons (Fsp3) is 0.267. The van der Waals surface area contributed by atoms with Crippen LogP contribution in [0.3, 0.4) is 0 Å². The summed E-state index contributed by atoms with van der Waals surface area (Å²) in [4.78, 5) is 15.0. The lowest BCUT2D eigenvalue weighted by atomic mass is 10.1. The number of nitrogens with one attached hydrogen (secondary N) is 2. The first kappa shape index (κ1) is 12.4. The number of benzene rings is 1. The van der Waals surface area contributed by atoms with Crippen LogP contribution < -0.4 is 5.32 Å². The Morgan fingerprint density at radius 3 is 2.72 bits per heavy atom. The van der Waals surface area contributed by atoms with Gasteiger partial charge in [0.25, 0.3) is 0 Å². The quantitative estimate of drug-likeness (QED) is 0.853. The van der Waals surface area contributed by atoms with E-state index in [1.807, 2.05) is 51.2 Å². The van der Waals surface area contributed by atoms with Gasteiger partial charge in [-0.05, 0) is 49.6 Å². The van der Waals surface area contributed by atoms with Crippen molar-refractivity contribution >= 4 is 11.6 Å². The highest BCUT2D eigenvalue weighted by Crippen LogP contribution is 2.18. The Hall–Kier alpha value is -2.03. The van der Waals surface area contributed by atoms with Crippen LogP contribution in [-0.4, -0.2) is 10.9 Å². The van der Waals surface area contributed by atoms with Gasteiger partial charge < -0.3 is 10.3 Å². The van der Waals surface area contributed by atoms with Gasteiger partial charge in [-0.1, -0.05) is 12.1 Å². The Balaban J connectivity index is 2.05. The van der Waals surface area contributed by atoms with Gasteiger partial charge in [0.05, 0.1) is 6.42 Å². The number of hydrogen-bond acceptors (Lipinski definition) is 1. The summed E-state index contributed by atoms with van der Waals surface area (Å²) >= 11 is 0. The third kappa shape index (κ3) is 2.80. The zero-order valence-electron chi connectivity index (χ0n) is 11.0. The van der Waals surface area contributed by atoms with E-state index in [-0.39, 0.29) is 5.91 Å². The van der Waals surface area contributed by atoms with Crippen molar-refractivity contribution in [2.24, 2.45) is 0 Å². The molecule has 2 rings (SSSR count). The second-order valence-corrected chi connectivity index (χ2v) is 4.66. The number of amides is 1. The number of aromatic nitrogens is 1. The van der Waals surface area contributed by atoms with E-state index in [0.717, 1.165) is 22.5 Å². The molecule has 2 aromatic rings. The molecule has 0 fully saturated rings. The molecule has 3 nitrogen and oxygen atoms in total. The van der Waals surface area contributed by atoms with Crippen LogP contribution in [0.5, 0.6) is 0 Å². The van der Waals surface area contributed by atoms with Crippen molar-refractivity contribution in [2.75, 3.05) is 5.32 Å². The van der Waals surface area contributed by atoms with Crippen LogP contribution in [0.2, 0.25) is 0 Å². The molecule has 2 N–H and O–H groups in total. The van der Waals surface area contributed by atoms with Gasteiger partial charge in [0.1, 0.15) is 0 Å². The van der Waals surface area contributed by atoms with Gasteiger partial charge in [-0.15, -0.1) is 0 Å². The van der Waals surface area contributed by atoms with Crippen molar-refractivity contribution < 1.29 is 4.79 Å². The Morgan fingerprint density at radius 1 is 1.28 bits per heavy atom. The molecule has 1 aromatic heterocycles. The molecule has 1 heterocycles. The highest BCUT2D eigenvalue weighted by molar-refractivity contribution is 5.93. The second-order valence-electron chi connectivity index (χ2n) is 4.66. The SMILES string of the molecule is Cc1cc(CC(=O)Nc2cccc(C)c2C)c[nH]1. The van der Waals surface area contributed by atoms with Crippen molar-refractivity contribution in [3.05, 3.63) is 52.8 Å². The molecule has 1 aromatic carbocycles. The first-order chi connectivity index (χ1) is 8.56. The molecule has 0 aliphatic heterocycles. The van der Waals surface area contributed by atoms with Gasteiger partial charge in [0, 0.05) is 17.6 Å². The van der Waals surface area contributed by atoms with Crippen molar-refractivity contribution in [1.29, 1.82) is 0 Å². The van der Waals surface area contributed by atoms with E-state index in [2.05, 4.69) is 10.3 Å². The number of carbonyl (C=O) groups is 1. The van der Waals surface area contributed by atoms with Gasteiger partial charge in [-0.3, -0.25) is 4.79 Å². The lowest BCUT2D eigenvalue weighted by molar-refractivity contribution is -0.115. The van der Waals surface area contributed by atoms with E-state index in [1.165, 1.54) is 5.56 Å². The monoisotopic (exact) mass is 242 g/mol. The van der Waals surface area contributed by atoms with E-state index in [9.17, 15) is 4.79 Å². The lowest BCUT2D eigenvalue weighted by Gasteiger charge is -2.09. The number of anilines is 1. The molecule has 0 aliphatic carbocycles. The van der Waals surface area contributed by atoms with Crippen LogP contribution in [-0.2, 0) is 11.2 Å². The van der Waals surface area contributed by atoms with E-state index in [4.69, 9.17) is 0 Å². The third-order valence-corrected chi connectivity index (χ3v) is 3.13. The smallest absolute Gasteiger partial charge is 0.228 e. The summed E-state index contributed by atoms with van der Waals surface area (Å²) in [7, 11) is 0. The first-order valence-corrected chi connectivity index (χ1v) is 6.06. The van der Waals surface area contributed by atoms with Crippen LogP contribution in [0, 0.1) is 20.8 Å². The van der Waals surface area contributed by atoms with Gasteiger partial charge >= 0.3 is 0 Å². The molecule has 18 heavy (non-hydrogen) atoms.